The summed E-state index contributed by atoms with van der Waals surface area (Å²) >= 11 is 12.4. The fourth-order valence-electron chi connectivity index (χ4n) is 4.48. The largest absolute Gasteiger partial charge is 0.374 e. The Labute approximate surface area is 209 Å². The van der Waals surface area contributed by atoms with Crippen LogP contribution in [0.1, 0.15) is 16.8 Å². The molecule has 0 saturated carbocycles. The van der Waals surface area contributed by atoms with Gasteiger partial charge in [0.05, 0.1) is 23.7 Å². The number of imidazole rings is 1. The molecular formula is C25H17Cl2N7O. The molecule has 8 nitrogen and oxygen atoms in total. The van der Waals surface area contributed by atoms with E-state index < -0.39 is 5.60 Å². The first-order valence-corrected chi connectivity index (χ1v) is 11.4. The first-order valence-electron chi connectivity index (χ1n) is 10.7. The average molecular weight is 502 g/mol. The zero-order chi connectivity index (χ0) is 24.2. The second-order valence-corrected chi connectivity index (χ2v) is 9.04. The van der Waals surface area contributed by atoms with Crippen molar-refractivity contribution in [2.45, 2.75) is 5.60 Å². The Bertz CT molecular complexity index is 1710. The predicted molar refractivity (Wildman–Crippen MR) is 133 cm³/mol. The standard InChI is InChI=1S/C25H17Cl2N7O/c1-33-14-28-13-22(33)25(35,17-6-8-23(27)29-12-17)16-5-7-21-20(10-16)19(11-24-30-31-32-34(21)24)15-3-2-4-18(26)9-15/h2-14,35H,1H3. The maximum absolute atomic E-state index is 12.3. The Morgan fingerprint density at radius 2 is 1.80 bits per heavy atom. The molecule has 172 valence electrons. The summed E-state index contributed by atoms with van der Waals surface area (Å²) in [7, 11) is 1.83. The number of benzene rings is 2. The van der Waals surface area contributed by atoms with Gasteiger partial charge in [0, 0.05) is 29.2 Å². The maximum Gasteiger partial charge on any atom is 0.180 e. The van der Waals surface area contributed by atoms with Crippen LogP contribution in [0.5, 0.6) is 0 Å². The third-order valence-corrected chi connectivity index (χ3v) is 6.63. The summed E-state index contributed by atoms with van der Waals surface area (Å²) in [4.78, 5) is 8.45. The zero-order valence-electron chi connectivity index (χ0n) is 18.3. The normalized spacial score (nSPS) is 13.4. The number of rotatable bonds is 4. The Balaban J connectivity index is 1.68. The molecule has 0 radical (unpaired) electrons. The van der Waals surface area contributed by atoms with E-state index in [9.17, 15) is 5.11 Å². The fourth-order valence-corrected chi connectivity index (χ4v) is 4.78. The molecule has 0 spiro atoms. The van der Waals surface area contributed by atoms with E-state index in [1.54, 1.807) is 39.9 Å². The number of aryl methyl sites for hydroxylation is 1. The monoisotopic (exact) mass is 501 g/mol. The van der Waals surface area contributed by atoms with Gasteiger partial charge in [-0.2, -0.15) is 4.52 Å². The smallest absolute Gasteiger partial charge is 0.180 e. The zero-order valence-corrected chi connectivity index (χ0v) is 19.9. The summed E-state index contributed by atoms with van der Waals surface area (Å²) in [5.41, 5.74) is 3.37. The lowest BCUT2D eigenvalue weighted by Crippen LogP contribution is -2.31. The number of halogens is 2. The Kier molecular flexibility index (Phi) is 5.03. The number of nitrogens with zero attached hydrogens (tertiary/aromatic N) is 7. The second kappa shape index (κ2) is 8.13. The van der Waals surface area contributed by atoms with Crippen LogP contribution in [0, 0.1) is 0 Å². The van der Waals surface area contributed by atoms with Crippen molar-refractivity contribution in [3.05, 3.63) is 106 Å². The molecule has 35 heavy (non-hydrogen) atoms. The van der Waals surface area contributed by atoms with Crippen LogP contribution < -0.4 is 0 Å². The van der Waals surface area contributed by atoms with E-state index in [4.69, 9.17) is 23.2 Å². The van der Waals surface area contributed by atoms with Crippen LogP contribution in [0.2, 0.25) is 10.2 Å². The molecule has 0 amide bonds. The van der Waals surface area contributed by atoms with Crippen molar-refractivity contribution in [1.29, 1.82) is 0 Å². The Morgan fingerprint density at radius 1 is 0.943 bits per heavy atom. The molecule has 0 fully saturated rings. The number of fused-ring (bicyclic) bond motifs is 3. The van der Waals surface area contributed by atoms with Crippen molar-refractivity contribution in [2.75, 3.05) is 0 Å². The van der Waals surface area contributed by atoms with Crippen molar-refractivity contribution >= 4 is 39.8 Å². The van der Waals surface area contributed by atoms with Crippen LogP contribution in [-0.2, 0) is 12.6 Å². The van der Waals surface area contributed by atoms with Gasteiger partial charge in [0.25, 0.3) is 0 Å². The summed E-state index contributed by atoms with van der Waals surface area (Å²) in [5.74, 6) is 0. The quantitative estimate of drug-likeness (QED) is 0.353. The van der Waals surface area contributed by atoms with Crippen LogP contribution >= 0.6 is 23.2 Å². The molecule has 10 heteroatoms. The fraction of sp³-hybridized carbons (Fsp3) is 0.0800. The number of pyridine rings is 2. The first kappa shape index (κ1) is 21.7. The molecule has 2 aromatic carbocycles. The second-order valence-electron chi connectivity index (χ2n) is 8.22. The van der Waals surface area contributed by atoms with Crippen molar-refractivity contribution in [1.82, 2.24) is 34.6 Å². The molecule has 4 heterocycles. The lowest BCUT2D eigenvalue weighted by Gasteiger charge is -2.30. The van der Waals surface area contributed by atoms with Gasteiger partial charge in [0.2, 0.25) is 0 Å². The summed E-state index contributed by atoms with van der Waals surface area (Å²) in [6.07, 6.45) is 4.86. The highest BCUT2D eigenvalue weighted by Crippen LogP contribution is 2.39. The van der Waals surface area contributed by atoms with Crippen LogP contribution in [-0.4, -0.2) is 39.7 Å². The minimum absolute atomic E-state index is 0.337. The van der Waals surface area contributed by atoms with Gasteiger partial charge in [0.15, 0.2) is 11.2 Å². The van der Waals surface area contributed by atoms with E-state index in [-0.39, 0.29) is 0 Å². The molecule has 1 atom stereocenters. The van der Waals surface area contributed by atoms with Crippen LogP contribution in [0.25, 0.3) is 27.7 Å². The predicted octanol–water partition coefficient (Wildman–Crippen LogP) is 4.66. The van der Waals surface area contributed by atoms with E-state index in [0.717, 1.165) is 22.0 Å². The minimum Gasteiger partial charge on any atom is -0.374 e. The van der Waals surface area contributed by atoms with E-state index in [2.05, 4.69) is 25.5 Å². The molecule has 0 saturated heterocycles. The van der Waals surface area contributed by atoms with Gasteiger partial charge >= 0.3 is 0 Å². The van der Waals surface area contributed by atoms with Crippen molar-refractivity contribution < 1.29 is 5.11 Å². The lowest BCUT2D eigenvalue weighted by molar-refractivity contribution is 0.117. The van der Waals surface area contributed by atoms with Crippen LogP contribution in [0.3, 0.4) is 0 Å². The summed E-state index contributed by atoms with van der Waals surface area (Å²) in [6, 6.07) is 18.6. The molecule has 0 aliphatic heterocycles. The van der Waals surface area contributed by atoms with Crippen LogP contribution in [0.4, 0.5) is 0 Å². The Morgan fingerprint density at radius 3 is 2.54 bits per heavy atom. The molecule has 4 aromatic heterocycles. The molecule has 6 rings (SSSR count). The van der Waals surface area contributed by atoms with E-state index >= 15 is 0 Å². The first-order chi connectivity index (χ1) is 16.9. The van der Waals surface area contributed by atoms with Crippen LogP contribution in [0.15, 0.2) is 79.4 Å². The highest BCUT2D eigenvalue weighted by atomic mass is 35.5. The number of tetrazole rings is 1. The molecule has 1 N–H and O–H groups in total. The molecular weight excluding hydrogens is 485 g/mol. The van der Waals surface area contributed by atoms with Gasteiger partial charge in [-0.25, -0.2) is 9.97 Å². The van der Waals surface area contributed by atoms with Crippen molar-refractivity contribution in [2.24, 2.45) is 7.05 Å². The number of aliphatic hydroxyl groups is 1. The van der Waals surface area contributed by atoms with Gasteiger partial charge in [-0.15, -0.1) is 5.10 Å². The molecule has 1 unspecified atom stereocenters. The van der Waals surface area contributed by atoms with Gasteiger partial charge in [-0.1, -0.05) is 47.5 Å². The summed E-state index contributed by atoms with van der Waals surface area (Å²) in [6.45, 7) is 0. The molecule has 6 aromatic rings. The topological polar surface area (TPSA) is 94.0 Å². The average Bonchev–Trinajstić information content (AvgIpc) is 3.52. The van der Waals surface area contributed by atoms with E-state index in [1.165, 1.54) is 0 Å². The molecule has 0 aliphatic rings. The molecule has 0 aliphatic carbocycles. The summed E-state index contributed by atoms with van der Waals surface area (Å²) < 4.78 is 3.45. The van der Waals surface area contributed by atoms with Crippen molar-refractivity contribution in [3.63, 3.8) is 0 Å². The van der Waals surface area contributed by atoms with Gasteiger partial charge < -0.3 is 9.67 Å². The lowest BCUT2D eigenvalue weighted by atomic mass is 9.83. The minimum atomic E-state index is -1.56. The van der Waals surface area contributed by atoms with Gasteiger partial charge in [0.1, 0.15) is 5.15 Å². The summed E-state index contributed by atoms with van der Waals surface area (Å²) in [5, 5.41) is 26.2. The van der Waals surface area contributed by atoms with Crippen molar-refractivity contribution in [3.8, 4) is 11.1 Å². The third-order valence-electron chi connectivity index (χ3n) is 6.17. The maximum atomic E-state index is 12.3. The van der Waals surface area contributed by atoms with Gasteiger partial charge in [-0.05, 0) is 63.5 Å². The van der Waals surface area contributed by atoms with Gasteiger partial charge in [-0.3, -0.25) is 0 Å². The van der Waals surface area contributed by atoms with E-state index in [1.807, 2.05) is 55.6 Å². The highest BCUT2D eigenvalue weighted by Gasteiger charge is 2.37. The molecule has 0 bridgehead atoms. The highest BCUT2D eigenvalue weighted by molar-refractivity contribution is 6.31. The number of aromatic nitrogens is 7. The van der Waals surface area contributed by atoms with E-state index in [0.29, 0.717) is 32.6 Å². The number of hydrogen-bond donors (Lipinski definition) is 1. The number of hydrogen-bond acceptors (Lipinski definition) is 6. The third kappa shape index (κ3) is 3.46. The SMILES string of the molecule is Cn1cncc1C(O)(c1ccc(Cl)nc1)c1ccc2c(c1)c(-c1cccc(Cl)c1)cc1nnnn12. The Hall–Kier alpha value is -3.85.